The van der Waals surface area contributed by atoms with Crippen molar-refractivity contribution in [3.05, 3.63) is 0 Å². The lowest BCUT2D eigenvalue weighted by Crippen LogP contribution is -2.48. The van der Waals surface area contributed by atoms with E-state index >= 15 is 0 Å². The van der Waals surface area contributed by atoms with Crippen LogP contribution < -0.4 is 5.32 Å². The molecule has 2 aliphatic rings. The number of nitrogens with zero attached hydrogens (tertiary/aromatic N) is 1. The smallest absolute Gasteiger partial charge is 0.225 e. The van der Waals surface area contributed by atoms with Crippen LogP contribution in [0.2, 0.25) is 0 Å². The molecule has 0 saturated carbocycles. The molecule has 2 heterocycles. The Bertz CT molecular complexity index is 302. The van der Waals surface area contributed by atoms with Gasteiger partial charge >= 0.3 is 0 Å². The van der Waals surface area contributed by atoms with E-state index < -0.39 is 0 Å². The van der Waals surface area contributed by atoms with Gasteiger partial charge in [0.1, 0.15) is 0 Å². The van der Waals surface area contributed by atoms with E-state index in [2.05, 4.69) is 31.0 Å². The minimum atomic E-state index is 0.270. The third kappa shape index (κ3) is 3.31. The predicted octanol–water partition coefficient (Wildman–Crippen LogP) is 2.80. The van der Waals surface area contributed by atoms with Crippen LogP contribution in [0.15, 0.2) is 0 Å². The third-order valence-electron chi connectivity index (χ3n) is 5.61. The molecule has 3 nitrogen and oxygen atoms in total. The Morgan fingerprint density at radius 2 is 1.89 bits per heavy atom. The molecule has 110 valence electrons. The van der Waals surface area contributed by atoms with Crippen LogP contribution in [0, 0.1) is 11.3 Å². The van der Waals surface area contributed by atoms with Crippen LogP contribution in [0.25, 0.3) is 0 Å². The summed E-state index contributed by atoms with van der Waals surface area (Å²) >= 11 is 0. The molecule has 3 heteroatoms. The molecule has 0 aromatic rings. The summed E-state index contributed by atoms with van der Waals surface area (Å²) < 4.78 is 0. The van der Waals surface area contributed by atoms with E-state index in [1.54, 1.807) is 0 Å². The molecule has 2 fully saturated rings. The van der Waals surface area contributed by atoms with Crippen molar-refractivity contribution in [2.45, 2.75) is 65.3 Å². The Kier molecular flexibility index (Phi) is 4.88. The number of nitrogens with one attached hydrogen (secondary N) is 1. The Morgan fingerprint density at radius 1 is 1.26 bits per heavy atom. The van der Waals surface area contributed by atoms with Gasteiger partial charge in [-0.2, -0.15) is 0 Å². The molecule has 2 aliphatic heterocycles. The molecule has 0 aromatic heterocycles. The highest BCUT2D eigenvalue weighted by atomic mass is 16.2. The first-order valence-electron chi connectivity index (χ1n) is 8.12. The van der Waals surface area contributed by atoms with E-state index in [4.69, 9.17) is 0 Å². The van der Waals surface area contributed by atoms with Gasteiger partial charge in [0.25, 0.3) is 0 Å². The van der Waals surface area contributed by atoms with Crippen molar-refractivity contribution in [1.29, 1.82) is 0 Å². The van der Waals surface area contributed by atoms with Crippen molar-refractivity contribution in [3.8, 4) is 0 Å². The molecule has 0 aromatic carbocycles. The highest BCUT2D eigenvalue weighted by Crippen LogP contribution is 2.38. The molecule has 2 unspecified atom stereocenters. The van der Waals surface area contributed by atoms with Crippen molar-refractivity contribution in [2.24, 2.45) is 11.3 Å². The Hall–Kier alpha value is -0.570. The van der Waals surface area contributed by atoms with Crippen LogP contribution >= 0.6 is 0 Å². The molecule has 2 rings (SSSR count). The first kappa shape index (κ1) is 14.8. The minimum Gasteiger partial charge on any atom is -0.342 e. The van der Waals surface area contributed by atoms with Crippen LogP contribution in [0.3, 0.4) is 0 Å². The maximum Gasteiger partial charge on any atom is 0.225 e. The summed E-state index contributed by atoms with van der Waals surface area (Å²) in [5.41, 5.74) is 0.512. The maximum absolute atomic E-state index is 12.6. The number of likely N-dealkylation sites (tertiary alicyclic amines) is 1. The number of piperidine rings is 2. The second kappa shape index (κ2) is 6.25. The van der Waals surface area contributed by atoms with Crippen molar-refractivity contribution in [2.75, 3.05) is 19.6 Å². The Balaban J connectivity index is 1.88. The van der Waals surface area contributed by atoms with Gasteiger partial charge in [-0.1, -0.05) is 26.7 Å². The molecule has 2 atom stereocenters. The molecule has 1 N–H and O–H groups in total. The van der Waals surface area contributed by atoms with Crippen LogP contribution in [0.1, 0.15) is 59.3 Å². The molecule has 0 spiro atoms. The fourth-order valence-corrected chi connectivity index (χ4v) is 3.77. The standard InChI is InChI=1S/C16H30N2O/c1-4-16(5-2)7-10-18(11-8-16)15(19)14-6-9-17-13(3)12-14/h13-14,17H,4-12H2,1-3H3. The largest absolute Gasteiger partial charge is 0.342 e. The van der Waals surface area contributed by atoms with E-state index in [0.29, 0.717) is 17.4 Å². The molecule has 0 radical (unpaired) electrons. The van der Waals surface area contributed by atoms with Gasteiger partial charge in [0.2, 0.25) is 5.91 Å². The number of hydrogen-bond donors (Lipinski definition) is 1. The first-order chi connectivity index (χ1) is 9.10. The highest BCUT2D eigenvalue weighted by molar-refractivity contribution is 5.79. The van der Waals surface area contributed by atoms with Crippen LogP contribution in [-0.2, 0) is 4.79 Å². The first-order valence-corrected chi connectivity index (χ1v) is 8.12. The number of carbonyl (C=O) groups is 1. The third-order valence-corrected chi connectivity index (χ3v) is 5.61. The van der Waals surface area contributed by atoms with Gasteiger partial charge in [-0.05, 0) is 44.6 Å². The summed E-state index contributed by atoms with van der Waals surface area (Å²) in [5, 5.41) is 3.43. The zero-order valence-corrected chi connectivity index (χ0v) is 12.9. The second-order valence-electron chi connectivity index (χ2n) is 6.61. The van der Waals surface area contributed by atoms with Crippen LogP contribution in [0.4, 0.5) is 0 Å². The van der Waals surface area contributed by atoms with Gasteiger partial charge in [-0.25, -0.2) is 0 Å². The quantitative estimate of drug-likeness (QED) is 0.852. The van der Waals surface area contributed by atoms with Gasteiger partial charge in [-0.15, -0.1) is 0 Å². The lowest BCUT2D eigenvalue weighted by molar-refractivity contribution is -0.139. The molecule has 1 amide bonds. The number of amides is 1. The lowest BCUT2D eigenvalue weighted by atomic mass is 9.74. The van der Waals surface area contributed by atoms with E-state index in [0.717, 1.165) is 32.5 Å². The molecule has 2 saturated heterocycles. The van der Waals surface area contributed by atoms with E-state index in [1.807, 2.05) is 0 Å². The molecular formula is C16H30N2O. The van der Waals surface area contributed by atoms with Crippen LogP contribution in [-0.4, -0.2) is 36.5 Å². The average Bonchev–Trinajstić information content (AvgIpc) is 2.46. The topological polar surface area (TPSA) is 32.3 Å². The SMILES string of the molecule is CCC1(CC)CCN(C(=O)C2CCNC(C)C2)CC1. The van der Waals surface area contributed by atoms with E-state index in [1.165, 1.54) is 25.7 Å². The number of hydrogen-bond acceptors (Lipinski definition) is 2. The number of carbonyl (C=O) groups excluding carboxylic acids is 1. The summed E-state index contributed by atoms with van der Waals surface area (Å²) in [7, 11) is 0. The van der Waals surface area contributed by atoms with Gasteiger partial charge < -0.3 is 10.2 Å². The summed E-state index contributed by atoms with van der Waals surface area (Å²) in [4.78, 5) is 14.7. The highest BCUT2D eigenvalue weighted by Gasteiger charge is 2.35. The van der Waals surface area contributed by atoms with Gasteiger partial charge in [0, 0.05) is 25.0 Å². The van der Waals surface area contributed by atoms with Crippen molar-refractivity contribution >= 4 is 5.91 Å². The van der Waals surface area contributed by atoms with Gasteiger partial charge in [0.15, 0.2) is 0 Å². The van der Waals surface area contributed by atoms with Crippen LogP contribution in [0.5, 0.6) is 0 Å². The van der Waals surface area contributed by atoms with E-state index in [-0.39, 0.29) is 5.92 Å². The lowest BCUT2D eigenvalue weighted by Gasteiger charge is -2.42. The van der Waals surface area contributed by atoms with Crippen molar-refractivity contribution in [3.63, 3.8) is 0 Å². The summed E-state index contributed by atoms with van der Waals surface area (Å²) in [6.07, 6.45) is 6.96. The van der Waals surface area contributed by atoms with Crippen molar-refractivity contribution < 1.29 is 4.79 Å². The molecule has 0 bridgehead atoms. The Morgan fingerprint density at radius 3 is 2.42 bits per heavy atom. The number of rotatable bonds is 3. The van der Waals surface area contributed by atoms with E-state index in [9.17, 15) is 4.79 Å². The fraction of sp³-hybridized carbons (Fsp3) is 0.938. The fourth-order valence-electron chi connectivity index (χ4n) is 3.77. The summed E-state index contributed by atoms with van der Waals surface area (Å²) in [6, 6.07) is 0.498. The monoisotopic (exact) mass is 266 g/mol. The predicted molar refractivity (Wildman–Crippen MR) is 79.0 cm³/mol. The molecule has 0 aliphatic carbocycles. The average molecular weight is 266 g/mol. The summed E-state index contributed by atoms with van der Waals surface area (Å²) in [6.45, 7) is 9.76. The van der Waals surface area contributed by atoms with Gasteiger partial charge in [0.05, 0.1) is 0 Å². The molecular weight excluding hydrogens is 236 g/mol. The van der Waals surface area contributed by atoms with Gasteiger partial charge in [-0.3, -0.25) is 4.79 Å². The second-order valence-corrected chi connectivity index (χ2v) is 6.61. The normalized spacial score (nSPS) is 31.2. The Labute approximate surface area is 118 Å². The minimum absolute atomic E-state index is 0.270. The summed E-state index contributed by atoms with van der Waals surface area (Å²) in [5.74, 6) is 0.696. The molecule has 19 heavy (non-hydrogen) atoms. The maximum atomic E-state index is 12.6. The zero-order chi connectivity index (χ0) is 13.9. The zero-order valence-electron chi connectivity index (χ0n) is 12.9. The van der Waals surface area contributed by atoms with Crippen molar-refractivity contribution in [1.82, 2.24) is 10.2 Å².